The Bertz CT molecular complexity index is 497. The molecule has 2 aromatic rings. The zero-order valence-corrected chi connectivity index (χ0v) is 9.84. The Morgan fingerprint density at radius 3 is 2.65 bits per heavy atom. The lowest BCUT2D eigenvalue weighted by atomic mass is 9.77. The first-order chi connectivity index (χ1) is 8.27. The monoisotopic (exact) mass is 227 g/mol. The summed E-state index contributed by atoms with van der Waals surface area (Å²) in [5.74, 6) is 0. The van der Waals surface area contributed by atoms with Crippen LogP contribution in [-0.4, -0.2) is 15.1 Å². The van der Waals surface area contributed by atoms with Crippen LogP contribution in [-0.2, 0) is 6.54 Å². The Hall–Kier alpha value is -1.61. The number of nitrogens with zero attached hydrogens (tertiary/aromatic N) is 2. The van der Waals surface area contributed by atoms with Crippen LogP contribution in [0, 0.1) is 0 Å². The molecule has 0 radical (unpaired) electrons. The molecule has 17 heavy (non-hydrogen) atoms. The maximum Gasteiger partial charge on any atom is 0.0951 e. The smallest absolute Gasteiger partial charge is 0.0951 e. The quantitative estimate of drug-likeness (QED) is 0.875. The number of hydrogen-bond donors (Lipinski definition) is 1. The average molecular weight is 227 g/mol. The minimum atomic E-state index is -0.00969. The van der Waals surface area contributed by atoms with E-state index >= 15 is 0 Å². The van der Waals surface area contributed by atoms with Crippen LogP contribution in [0.2, 0.25) is 0 Å². The van der Waals surface area contributed by atoms with Gasteiger partial charge in [0.15, 0.2) is 0 Å². The number of hydrogen-bond acceptors (Lipinski definition) is 2. The Balaban J connectivity index is 1.89. The van der Waals surface area contributed by atoms with Gasteiger partial charge < -0.3 is 10.3 Å². The molecule has 1 aromatic carbocycles. The van der Waals surface area contributed by atoms with Crippen molar-refractivity contribution in [1.29, 1.82) is 0 Å². The summed E-state index contributed by atoms with van der Waals surface area (Å²) in [6.45, 7) is 0.872. The number of nitrogens with two attached hydrogens (primary N) is 1. The average Bonchev–Trinajstić information content (AvgIpc) is 2.76. The van der Waals surface area contributed by atoms with Crippen LogP contribution in [0.3, 0.4) is 0 Å². The highest BCUT2D eigenvalue weighted by Crippen LogP contribution is 2.32. The summed E-state index contributed by atoms with van der Waals surface area (Å²) in [5.41, 5.74) is 8.64. The Morgan fingerprint density at radius 2 is 2.00 bits per heavy atom. The van der Waals surface area contributed by atoms with Crippen molar-refractivity contribution >= 4 is 0 Å². The second kappa shape index (κ2) is 4.00. The summed E-state index contributed by atoms with van der Waals surface area (Å²) in [5, 5.41) is 0. The molecule has 0 amide bonds. The molecule has 3 heteroatoms. The topological polar surface area (TPSA) is 43.8 Å². The first-order valence-corrected chi connectivity index (χ1v) is 6.11. The molecule has 0 spiro atoms. The van der Waals surface area contributed by atoms with Crippen molar-refractivity contribution in [3.8, 4) is 11.3 Å². The molecule has 0 bridgehead atoms. The summed E-state index contributed by atoms with van der Waals surface area (Å²) in [7, 11) is 0. The molecule has 0 aliphatic heterocycles. The summed E-state index contributed by atoms with van der Waals surface area (Å²) in [6, 6.07) is 10.3. The number of aromatic nitrogens is 2. The Labute approximate surface area is 101 Å². The lowest BCUT2D eigenvalue weighted by Gasteiger charge is -2.38. The lowest BCUT2D eigenvalue weighted by molar-refractivity contribution is 0.216. The molecule has 1 aliphatic rings. The fourth-order valence-corrected chi connectivity index (χ4v) is 2.42. The molecule has 88 valence electrons. The van der Waals surface area contributed by atoms with E-state index in [1.807, 2.05) is 30.7 Å². The maximum absolute atomic E-state index is 6.29. The minimum Gasteiger partial charge on any atom is -0.329 e. The van der Waals surface area contributed by atoms with Crippen molar-refractivity contribution in [3.05, 3.63) is 42.9 Å². The van der Waals surface area contributed by atoms with Gasteiger partial charge in [0.25, 0.3) is 0 Å². The van der Waals surface area contributed by atoms with Crippen molar-refractivity contribution in [3.63, 3.8) is 0 Å². The predicted octanol–water partition coefficient (Wildman–Crippen LogP) is 2.43. The van der Waals surface area contributed by atoms with Gasteiger partial charge in [0.1, 0.15) is 0 Å². The number of imidazole rings is 1. The molecule has 1 aliphatic carbocycles. The molecular weight excluding hydrogens is 210 g/mol. The fraction of sp³-hybridized carbons (Fsp3) is 0.357. The molecule has 2 N–H and O–H groups in total. The predicted molar refractivity (Wildman–Crippen MR) is 68.4 cm³/mol. The van der Waals surface area contributed by atoms with Crippen molar-refractivity contribution < 1.29 is 0 Å². The SMILES string of the molecule is NC1(Cn2cncc2-c2ccccc2)CCC1. The zero-order chi connectivity index (χ0) is 11.7. The largest absolute Gasteiger partial charge is 0.329 e. The number of rotatable bonds is 3. The fourth-order valence-electron chi connectivity index (χ4n) is 2.42. The van der Waals surface area contributed by atoms with Gasteiger partial charge >= 0.3 is 0 Å². The van der Waals surface area contributed by atoms with Gasteiger partial charge in [-0.05, 0) is 24.8 Å². The number of benzene rings is 1. The van der Waals surface area contributed by atoms with Crippen molar-refractivity contribution in [2.45, 2.75) is 31.3 Å². The van der Waals surface area contributed by atoms with Crippen LogP contribution in [0.4, 0.5) is 0 Å². The molecule has 1 saturated carbocycles. The normalized spacial score (nSPS) is 17.7. The van der Waals surface area contributed by atoms with Gasteiger partial charge in [0.2, 0.25) is 0 Å². The van der Waals surface area contributed by atoms with Crippen LogP contribution < -0.4 is 5.73 Å². The van der Waals surface area contributed by atoms with Crippen LogP contribution in [0.5, 0.6) is 0 Å². The van der Waals surface area contributed by atoms with Crippen LogP contribution in [0.1, 0.15) is 19.3 Å². The van der Waals surface area contributed by atoms with Gasteiger partial charge in [-0.1, -0.05) is 30.3 Å². The Kier molecular flexibility index (Phi) is 2.48. The molecule has 1 heterocycles. The van der Waals surface area contributed by atoms with E-state index in [1.54, 1.807) is 0 Å². The molecular formula is C14H17N3. The first kappa shape index (κ1) is 10.5. The van der Waals surface area contributed by atoms with Gasteiger partial charge in [-0.3, -0.25) is 0 Å². The van der Waals surface area contributed by atoms with E-state index in [4.69, 9.17) is 5.73 Å². The minimum absolute atomic E-state index is 0.00969. The molecule has 3 nitrogen and oxygen atoms in total. The van der Waals surface area contributed by atoms with Gasteiger partial charge in [-0.15, -0.1) is 0 Å². The van der Waals surface area contributed by atoms with E-state index in [9.17, 15) is 0 Å². The lowest BCUT2D eigenvalue weighted by Crippen LogP contribution is -2.49. The molecule has 1 aromatic heterocycles. The molecule has 0 unspecified atom stereocenters. The third kappa shape index (κ3) is 1.98. The van der Waals surface area contributed by atoms with E-state index < -0.39 is 0 Å². The van der Waals surface area contributed by atoms with E-state index in [2.05, 4.69) is 21.7 Å². The molecule has 0 atom stereocenters. The van der Waals surface area contributed by atoms with E-state index in [1.165, 1.54) is 12.0 Å². The standard InChI is InChI=1S/C14H17N3/c15-14(7-4-8-14)10-17-11-16-9-13(17)12-5-2-1-3-6-12/h1-3,5-6,9,11H,4,7-8,10,15H2. The van der Waals surface area contributed by atoms with Gasteiger partial charge in [-0.2, -0.15) is 0 Å². The van der Waals surface area contributed by atoms with E-state index in [0.717, 1.165) is 25.1 Å². The van der Waals surface area contributed by atoms with Crippen LogP contribution >= 0.6 is 0 Å². The third-order valence-electron chi connectivity index (χ3n) is 3.62. The summed E-state index contributed by atoms with van der Waals surface area (Å²) in [6.07, 6.45) is 7.30. The third-order valence-corrected chi connectivity index (χ3v) is 3.62. The molecule has 1 fully saturated rings. The van der Waals surface area contributed by atoms with Crippen molar-refractivity contribution in [1.82, 2.24) is 9.55 Å². The van der Waals surface area contributed by atoms with Crippen molar-refractivity contribution in [2.75, 3.05) is 0 Å². The highest BCUT2D eigenvalue weighted by atomic mass is 15.1. The van der Waals surface area contributed by atoms with E-state index in [0.29, 0.717) is 0 Å². The van der Waals surface area contributed by atoms with Gasteiger partial charge in [0, 0.05) is 12.1 Å². The van der Waals surface area contributed by atoms with E-state index in [-0.39, 0.29) is 5.54 Å². The Morgan fingerprint density at radius 1 is 1.24 bits per heavy atom. The summed E-state index contributed by atoms with van der Waals surface area (Å²) >= 11 is 0. The maximum atomic E-state index is 6.29. The van der Waals surface area contributed by atoms with Gasteiger partial charge in [-0.25, -0.2) is 4.98 Å². The van der Waals surface area contributed by atoms with Gasteiger partial charge in [0.05, 0.1) is 18.2 Å². The summed E-state index contributed by atoms with van der Waals surface area (Å²) < 4.78 is 2.18. The zero-order valence-electron chi connectivity index (χ0n) is 9.84. The van der Waals surface area contributed by atoms with Crippen LogP contribution in [0.15, 0.2) is 42.9 Å². The second-order valence-corrected chi connectivity index (χ2v) is 4.99. The summed E-state index contributed by atoms with van der Waals surface area (Å²) in [4.78, 5) is 4.25. The first-order valence-electron chi connectivity index (χ1n) is 6.11. The highest BCUT2D eigenvalue weighted by Gasteiger charge is 2.33. The molecule has 0 saturated heterocycles. The molecule has 3 rings (SSSR count). The highest BCUT2D eigenvalue weighted by molar-refractivity contribution is 5.58. The second-order valence-electron chi connectivity index (χ2n) is 4.99. The van der Waals surface area contributed by atoms with Crippen LogP contribution in [0.25, 0.3) is 11.3 Å². The van der Waals surface area contributed by atoms with Crippen molar-refractivity contribution in [2.24, 2.45) is 5.73 Å².